The number of hydrogen-bond acceptors (Lipinski definition) is 5. The van der Waals surface area contributed by atoms with Crippen LogP contribution in [0.4, 0.5) is 5.69 Å². The van der Waals surface area contributed by atoms with E-state index in [0.717, 1.165) is 25.1 Å². The van der Waals surface area contributed by atoms with Gasteiger partial charge in [-0.05, 0) is 54.9 Å². The molecule has 2 aromatic heterocycles. The third kappa shape index (κ3) is 4.49. The fourth-order valence-electron chi connectivity index (χ4n) is 2.53. The Hall–Kier alpha value is -2.67. The number of aryl methyl sites for hydroxylation is 1. The van der Waals surface area contributed by atoms with Crippen LogP contribution in [0.1, 0.15) is 31.7 Å². The summed E-state index contributed by atoms with van der Waals surface area (Å²) >= 11 is 5.58. The minimum Gasteiger partial charge on any atom is -0.459 e. The zero-order chi connectivity index (χ0) is 18.4. The van der Waals surface area contributed by atoms with Gasteiger partial charge in [0.25, 0.3) is 5.89 Å². The molecule has 26 heavy (non-hydrogen) atoms. The maximum atomic E-state index is 5.69. The second kappa shape index (κ2) is 8.62. The van der Waals surface area contributed by atoms with Crippen LogP contribution in [0.5, 0.6) is 0 Å². The zero-order valence-electron chi connectivity index (χ0n) is 14.9. The summed E-state index contributed by atoms with van der Waals surface area (Å²) in [6.07, 6.45) is 3.54. The number of aromatic nitrogens is 2. The lowest BCUT2D eigenvalue weighted by atomic mass is 10.1. The Kier molecular flexibility index (Phi) is 6.01. The fraction of sp³-hybridized carbons (Fsp3) is 0.316. The highest BCUT2D eigenvalue weighted by Crippen LogP contribution is 2.19. The van der Waals surface area contributed by atoms with Gasteiger partial charge in [0, 0.05) is 12.2 Å². The maximum absolute atomic E-state index is 5.69. The van der Waals surface area contributed by atoms with Gasteiger partial charge in [-0.1, -0.05) is 26.0 Å². The van der Waals surface area contributed by atoms with E-state index in [1.54, 1.807) is 18.4 Å². The monoisotopic (exact) mass is 370 g/mol. The van der Waals surface area contributed by atoms with Crippen molar-refractivity contribution in [3.8, 4) is 11.7 Å². The molecule has 2 heterocycles. The summed E-state index contributed by atoms with van der Waals surface area (Å²) in [6.45, 7) is 5.48. The number of furan rings is 1. The Balaban J connectivity index is 1.66. The number of hydrogen-bond donors (Lipinski definition) is 1. The van der Waals surface area contributed by atoms with Crippen LogP contribution in [-0.2, 0) is 13.0 Å². The molecule has 0 bridgehead atoms. The van der Waals surface area contributed by atoms with Crippen LogP contribution in [-0.4, -0.2) is 26.8 Å². The van der Waals surface area contributed by atoms with Crippen LogP contribution in [0.25, 0.3) is 11.7 Å². The first kappa shape index (κ1) is 18.1. The maximum Gasteiger partial charge on any atom is 0.283 e. The van der Waals surface area contributed by atoms with E-state index in [2.05, 4.69) is 41.5 Å². The average molecular weight is 370 g/mol. The number of benzene rings is 1. The normalized spacial score (nSPS) is 10.7. The molecule has 0 atom stereocenters. The van der Waals surface area contributed by atoms with Crippen molar-refractivity contribution in [1.29, 1.82) is 0 Å². The highest BCUT2D eigenvalue weighted by Gasteiger charge is 2.16. The Bertz CT molecular complexity index is 828. The van der Waals surface area contributed by atoms with E-state index < -0.39 is 0 Å². The summed E-state index contributed by atoms with van der Waals surface area (Å²) in [7, 11) is 0. The largest absolute Gasteiger partial charge is 0.459 e. The second-order valence-corrected chi connectivity index (χ2v) is 6.27. The summed E-state index contributed by atoms with van der Waals surface area (Å²) in [4.78, 5) is 2.02. The van der Waals surface area contributed by atoms with Gasteiger partial charge in [-0.15, -0.1) is 10.2 Å². The van der Waals surface area contributed by atoms with Crippen LogP contribution < -0.4 is 5.32 Å². The quantitative estimate of drug-likeness (QED) is 0.614. The molecular weight excluding hydrogens is 348 g/mol. The van der Waals surface area contributed by atoms with Crippen molar-refractivity contribution in [2.75, 3.05) is 11.9 Å². The van der Waals surface area contributed by atoms with Crippen molar-refractivity contribution in [2.45, 2.75) is 33.2 Å². The smallest absolute Gasteiger partial charge is 0.283 e. The standard InChI is InChI=1S/C19H22N4O2S/c1-3-11-23(19(26)20-15-9-7-14(4-2)8-10-15)13-17-21-22-18(25-17)16-6-5-12-24-16/h5-10,12H,3-4,11,13H2,1-2H3,(H,20,26). The molecule has 1 N–H and O–H groups in total. The second-order valence-electron chi connectivity index (χ2n) is 5.88. The van der Waals surface area contributed by atoms with Gasteiger partial charge in [0.15, 0.2) is 10.9 Å². The molecule has 3 aromatic rings. The molecule has 0 fully saturated rings. The number of nitrogens with one attached hydrogen (secondary N) is 1. The van der Waals surface area contributed by atoms with Crippen molar-refractivity contribution < 1.29 is 8.83 Å². The highest BCUT2D eigenvalue weighted by molar-refractivity contribution is 7.80. The number of thiocarbonyl (C=S) groups is 1. The van der Waals surface area contributed by atoms with Gasteiger partial charge in [-0.3, -0.25) is 0 Å². The summed E-state index contributed by atoms with van der Waals surface area (Å²) in [6, 6.07) is 11.8. The predicted molar refractivity (Wildman–Crippen MR) is 105 cm³/mol. The molecule has 6 nitrogen and oxygen atoms in total. The third-order valence-electron chi connectivity index (χ3n) is 3.92. The minimum absolute atomic E-state index is 0.371. The van der Waals surface area contributed by atoms with E-state index >= 15 is 0 Å². The Morgan fingerprint density at radius 1 is 1.15 bits per heavy atom. The molecule has 7 heteroatoms. The molecule has 0 amide bonds. The SMILES string of the molecule is CCCN(Cc1nnc(-c2ccco2)o1)C(=S)Nc1ccc(CC)cc1. The van der Waals surface area contributed by atoms with Crippen molar-refractivity contribution in [1.82, 2.24) is 15.1 Å². The number of anilines is 1. The van der Waals surface area contributed by atoms with Gasteiger partial charge in [0.1, 0.15) is 0 Å². The van der Waals surface area contributed by atoms with Gasteiger partial charge in [-0.2, -0.15) is 0 Å². The van der Waals surface area contributed by atoms with Crippen LogP contribution in [0.2, 0.25) is 0 Å². The van der Waals surface area contributed by atoms with E-state index in [-0.39, 0.29) is 0 Å². The average Bonchev–Trinajstić information content (AvgIpc) is 3.33. The first-order valence-electron chi connectivity index (χ1n) is 8.70. The highest BCUT2D eigenvalue weighted by atomic mass is 32.1. The van der Waals surface area contributed by atoms with Crippen molar-refractivity contribution >= 4 is 23.0 Å². The van der Waals surface area contributed by atoms with Crippen LogP contribution in [0.3, 0.4) is 0 Å². The summed E-state index contributed by atoms with van der Waals surface area (Å²) in [5.74, 6) is 1.42. The van der Waals surface area contributed by atoms with Crippen molar-refractivity contribution in [3.05, 3.63) is 54.1 Å². The molecule has 1 aromatic carbocycles. The van der Waals surface area contributed by atoms with E-state index in [9.17, 15) is 0 Å². The topological polar surface area (TPSA) is 67.3 Å². The Labute approximate surface area is 158 Å². The molecule has 0 saturated heterocycles. The number of nitrogens with zero attached hydrogens (tertiary/aromatic N) is 3. The summed E-state index contributed by atoms with van der Waals surface area (Å²) in [5.41, 5.74) is 2.26. The molecular formula is C19H22N4O2S. The van der Waals surface area contributed by atoms with E-state index in [1.807, 2.05) is 17.0 Å². The fourth-order valence-corrected chi connectivity index (χ4v) is 2.80. The van der Waals surface area contributed by atoms with Gasteiger partial charge >= 0.3 is 0 Å². The minimum atomic E-state index is 0.371. The van der Waals surface area contributed by atoms with Gasteiger partial charge < -0.3 is 19.1 Å². The molecule has 0 aliphatic rings. The molecule has 0 radical (unpaired) electrons. The Morgan fingerprint density at radius 2 is 1.96 bits per heavy atom. The van der Waals surface area contributed by atoms with Gasteiger partial charge in [0.05, 0.1) is 12.8 Å². The molecule has 0 aliphatic heterocycles. The molecule has 0 unspecified atom stereocenters. The predicted octanol–water partition coefficient (Wildman–Crippen LogP) is 4.50. The third-order valence-corrected chi connectivity index (χ3v) is 4.28. The van der Waals surface area contributed by atoms with Crippen molar-refractivity contribution in [2.24, 2.45) is 0 Å². The summed E-state index contributed by atoms with van der Waals surface area (Å²) < 4.78 is 11.0. The van der Waals surface area contributed by atoms with Crippen molar-refractivity contribution in [3.63, 3.8) is 0 Å². The van der Waals surface area contributed by atoms with E-state index in [4.69, 9.17) is 21.1 Å². The van der Waals surface area contributed by atoms with Gasteiger partial charge in [-0.25, -0.2) is 0 Å². The molecule has 136 valence electrons. The van der Waals surface area contributed by atoms with Gasteiger partial charge in [0.2, 0.25) is 5.89 Å². The first-order chi connectivity index (χ1) is 12.7. The van der Waals surface area contributed by atoms with E-state index in [1.165, 1.54) is 5.56 Å². The molecule has 0 aliphatic carbocycles. The molecule has 0 spiro atoms. The lowest BCUT2D eigenvalue weighted by Crippen LogP contribution is -2.35. The molecule has 3 rings (SSSR count). The first-order valence-corrected chi connectivity index (χ1v) is 9.11. The zero-order valence-corrected chi connectivity index (χ0v) is 15.8. The lowest BCUT2D eigenvalue weighted by Gasteiger charge is -2.24. The van der Waals surface area contributed by atoms with Crippen LogP contribution in [0, 0.1) is 0 Å². The number of rotatable bonds is 7. The molecule has 0 saturated carbocycles. The van der Waals surface area contributed by atoms with Crippen LogP contribution >= 0.6 is 12.2 Å². The Morgan fingerprint density at radius 3 is 2.62 bits per heavy atom. The van der Waals surface area contributed by atoms with E-state index in [0.29, 0.717) is 29.2 Å². The van der Waals surface area contributed by atoms with Crippen LogP contribution in [0.15, 0.2) is 51.5 Å². The lowest BCUT2D eigenvalue weighted by molar-refractivity contribution is 0.357. The summed E-state index contributed by atoms with van der Waals surface area (Å²) in [5, 5.41) is 12.0.